The highest BCUT2D eigenvalue weighted by Crippen LogP contribution is 2.23. The summed E-state index contributed by atoms with van der Waals surface area (Å²) in [5, 5.41) is 0. The molecule has 0 saturated carbocycles. The Labute approximate surface area is 171 Å². The molecule has 2 atom stereocenters. The number of aromatic nitrogens is 2. The number of hydrazine groups is 1. The predicted molar refractivity (Wildman–Crippen MR) is 106 cm³/mol. The number of carbonyl (C=O) groups is 2. The summed E-state index contributed by atoms with van der Waals surface area (Å²) >= 11 is 3.34. The number of halogens is 1. The van der Waals surface area contributed by atoms with Gasteiger partial charge in [0.05, 0.1) is 5.56 Å². The third kappa shape index (κ3) is 4.06. The Morgan fingerprint density at radius 1 is 1.00 bits per heavy atom. The van der Waals surface area contributed by atoms with E-state index in [0.29, 0.717) is 38.2 Å². The van der Waals surface area contributed by atoms with Crippen molar-refractivity contribution in [3.63, 3.8) is 0 Å². The Morgan fingerprint density at radius 2 is 1.71 bits per heavy atom. The molecule has 2 aromatic heterocycles. The van der Waals surface area contributed by atoms with Gasteiger partial charge >= 0.3 is 0 Å². The Kier molecular flexibility index (Phi) is 5.65. The van der Waals surface area contributed by atoms with Gasteiger partial charge in [0.2, 0.25) is 5.91 Å². The van der Waals surface area contributed by atoms with E-state index in [-0.39, 0.29) is 23.9 Å². The molecule has 0 bridgehead atoms. The number of carbonyl (C=O) groups excluding carboxylic acids is 2. The minimum absolute atomic E-state index is 0.0562. The normalized spacial score (nSPS) is 22.3. The first-order valence-corrected chi connectivity index (χ1v) is 10.0. The van der Waals surface area contributed by atoms with Crippen molar-refractivity contribution < 1.29 is 9.59 Å². The van der Waals surface area contributed by atoms with E-state index in [1.54, 1.807) is 35.8 Å². The second-order valence-electron chi connectivity index (χ2n) is 6.92. The number of nitrogens with zero attached hydrogens (tertiary/aromatic N) is 4. The van der Waals surface area contributed by atoms with E-state index in [0.717, 1.165) is 10.0 Å². The molecular weight excluding hydrogens is 424 g/mol. The van der Waals surface area contributed by atoms with Crippen LogP contribution in [0.5, 0.6) is 0 Å². The van der Waals surface area contributed by atoms with Gasteiger partial charge in [0.25, 0.3) is 5.91 Å². The lowest BCUT2D eigenvalue weighted by molar-refractivity contribution is -0.134. The third-order valence-electron chi connectivity index (χ3n) is 5.14. The number of rotatable bonds is 3. The quantitative estimate of drug-likeness (QED) is 0.737. The number of hydrogen-bond acceptors (Lipinski definition) is 6. The molecule has 8 nitrogen and oxygen atoms in total. The first kappa shape index (κ1) is 19.0. The Bertz CT molecular complexity index is 857. The Morgan fingerprint density at radius 3 is 2.43 bits per heavy atom. The van der Waals surface area contributed by atoms with Crippen molar-refractivity contribution in [2.24, 2.45) is 0 Å². The van der Waals surface area contributed by atoms with E-state index in [4.69, 9.17) is 0 Å². The van der Waals surface area contributed by atoms with E-state index in [9.17, 15) is 9.59 Å². The topological polar surface area (TPSA) is 90.5 Å². The maximum Gasteiger partial charge on any atom is 0.255 e. The van der Waals surface area contributed by atoms with Crippen LogP contribution in [0.2, 0.25) is 0 Å². The van der Waals surface area contributed by atoms with Gasteiger partial charge in [-0.15, -0.1) is 0 Å². The smallest absolute Gasteiger partial charge is 0.255 e. The number of hydrogen-bond donors (Lipinski definition) is 2. The van der Waals surface area contributed by atoms with Crippen LogP contribution < -0.4 is 10.9 Å². The maximum absolute atomic E-state index is 12.9. The summed E-state index contributed by atoms with van der Waals surface area (Å²) in [5.74, 6) is 0.0135. The van der Waals surface area contributed by atoms with Crippen LogP contribution in [-0.4, -0.2) is 63.8 Å². The summed E-state index contributed by atoms with van der Waals surface area (Å²) in [4.78, 5) is 37.2. The van der Waals surface area contributed by atoms with Crippen LogP contribution in [0, 0.1) is 0 Å². The van der Waals surface area contributed by atoms with Crippen molar-refractivity contribution >= 4 is 27.7 Å². The summed E-state index contributed by atoms with van der Waals surface area (Å²) in [6.07, 6.45) is 7.41. The SMILES string of the molecule is O=C(c1cncc(Br)c1)N1CCN(C(=O)C2CC(c3ccncc3)NN2)CC1. The fourth-order valence-electron chi connectivity index (χ4n) is 3.59. The Balaban J connectivity index is 1.31. The first-order valence-electron chi connectivity index (χ1n) is 9.21. The summed E-state index contributed by atoms with van der Waals surface area (Å²) in [5.41, 5.74) is 7.97. The number of pyridine rings is 2. The van der Waals surface area contributed by atoms with Gasteiger partial charge in [-0.1, -0.05) is 0 Å². The van der Waals surface area contributed by atoms with Gasteiger partial charge in [0.1, 0.15) is 6.04 Å². The van der Waals surface area contributed by atoms with Crippen LogP contribution in [0.15, 0.2) is 47.5 Å². The van der Waals surface area contributed by atoms with E-state index < -0.39 is 0 Å². The van der Waals surface area contributed by atoms with Crippen LogP contribution >= 0.6 is 15.9 Å². The summed E-state index contributed by atoms with van der Waals surface area (Å²) < 4.78 is 0.774. The zero-order chi connectivity index (χ0) is 19.5. The molecule has 2 N–H and O–H groups in total. The minimum atomic E-state index is -0.269. The molecule has 2 aliphatic rings. The number of nitrogens with one attached hydrogen (secondary N) is 2. The molecule has 2 amide bonds. The first-order chi connectivity index (χ1) is 13.6. The number of piperazine rings is 1. The predicted octanol–water partition coefficient (Wildman–Crippen LogP) is 1.13. The van der Waals surface area contributed by atoms with Crippen molar-refractivity contribution in [3.8, 4) is 0 Å². The van der Waals surface area contributed by atoms with Gasteiger partial charge in [-0.2, -0.15) is 0 Å². The second kappa shape index (κ2) is 8.34. The molecule has 0 aromatic carbocycles. The molecule has 146 valence electrons. The lowest BCUT2D eigenvalue weighted by Crippen LogP contribution is -2.54. The van der Waals surface area contributed by atoms with Gasteiger partial charge in [-0.05, 0) is 46.1 Å². The van der Waals surface area contributed by atoms with Crippen molar-refractivity contribution in [2.45, 2.75) is 18.5 Å². The van der Waals surface area contributed by atoms with Gasteiger partial charge in [-0.25, -0.2) is 10.9 Å². The molecule has 9 heteroatoms. The Hall–Kier alpha value is -2.36. The lowest BCUT2D eigenvalue weighted by atomic mass is 10.0. The fraction of sp³-hybridized carbons (Fsp3) is 0.368. The highest BCUT2D eigenvalue weighted by molar-refractivity contribution is 9.10. The molecule has 2 aliphatic heterocycles. The maximum atomic E-state index is 12.9. The van der Waals surface area contributed by atoms with Gasteiger partial charge in [0, 0.05) is 61.5 Å². The highest BCUT2D eigenvalue weighted by Gasteiger charge is 2.34. The molecule has 0 radical (unpaired) electrons. The van der Waals surface area contributed by atoms with Crippen LogP contribution in [-0.2, 0) is 4.79 Å². The van der Waals surface area contributed by atoms with E-state index in [1.165, 1.54) is 0 Å². The third-order valence-corrected chi connectivity index (χ3v) is 5.57. The molecule has 4 heterocycles. The summed E-state index contributed by atoms with van der Waals surface area (Å²) in [7, 11) is 0. The molecule has 0 aliphatic carbocycles. The van der Waals surface area contributed by atoms with Gasteiger partial charge in [-0.3, -0.25) is 19.6 Å². The molecule has 2 unspecified atom stereocenters. The highest BCUT2D eigenvalue weighted by atomic mass is 79.9. The fourth-order valence-corrected chi connectivity index (χ4v) is 3.96. The summed E-state index contributed by atoms with van der Waals surface area (Å²) in [6.45, 7) is 2.10. The molecule has 2 aromatic rings. The van der Waals surface area contributed by atoms with Crippen LogP contribution in [0.4, 0.5) is 0 Å². The van der Waals surface area contributed by atoms with Crippen molar-refractivity contribution in [1.82, 2.24) is 30.6 Å². The van der Waals surface area contributed by atoms with Crippen molar-refractivity contribution in [2.75, 3.05) is 26.2 Å². The zero-order valence-electron chi connectivity index (χ0n) is 15.2. The average molecular weight is 445 g/mol. The average Bonchev–Trinajstić information content (AvgIpc) is 3.24. The van der Waals surface area contributed by atoms with E-state index in [1.807, 2.05) is 17.0 Å². The largest absolute Gasteiger partial charge is 0.338 e. The summed E-state index contributed by atoms with van der Waals surface area (Å²) in [6, 6.07) is 5.49. The molecule has 4 rings (SSSR count). The van der Waals surface area contributed by atoms with E-state index >= 15 is 0 Å². The van der Waals surface area contributed by atoms with Gasteiger partial charge in [0.15, 0.2) is 0 Å². The van der Waals surface area contributed by atoms with E-state index in [2.05, 4.69) is 36.7 Å². The molecule has 0 spiro atoms. The molecular formula is C19H21BrN6O2. The number of amides is 2. The molecule has 2 saturated heterocycles. The van der Waals surface area contributed by atoms with Crippen LogP contribution in [0.1, 0.15) is 28.4 Å². The molecule has 2 fully saturated rings. The van der Waals surface area contributed by atoms with Crippen LogP contribution in [0.25, 0.3) is 0 Å². The van der Waals surface area contributed by atoms with Crippen molar-refractivity contribution in [1.29, 1.82) is 0 Å². The molecule has 28 heavy (non-hydrogen) atoms. The minimum Gasteiger partial charge on any atom is -0.338 e. The van der Waals surface area contributed by atoms with Gasteiger partial charge < -0.3 is 9.80 Å². The second-order valence-corrected chi connectivity index (χ2v) is 7.84. The zero-order valence-corrected chi connectivity index (χ0v) is 16.8. The standard InChI is InChI=1S/C19H21BrN6O2/c20-15-9-14(11-22-12-15)18(27)25-5-7-26(8-6-25)19(28)17-10-16(23-24-17)13-1-3-21-4-2-13/h1-4,9,11-12,16-17,23-24H,5-8,10H2. The van der Waals surface area contributed by atoms with Crippen molar-refractivity contribution in [3.05, 3.63) is 58.6 Å². The lowest BCUT2D eigenvalue weighted by Gasteiger charge is -2.35. The van der Waals surface area contributed by atoms with Crippen LogP contribution in [0.3, 0.4) is 0 Å². The monoisotopic (exact) mass is 444 g/mol.